The number of rotatable bonds is 4. The summed E-state index contributed by atoms with van der Waals surface area (Å²) in [5.41, 5.74) is 5.40. The summed E-state index contributed by atoms with van der Waals surface area (Å²) in [5, 5.41) is 3.47. The van der Waals surface area contributed by atoms with Crippen molar-refractivity contribution in [2.75, 3.05) is 12.4 Å². The minimum Gasteiger partial charge on any atom is -0.495 e. The summed E-state index contributed by atoms with van der Waals surface area (Å²) in [4.78, 5) is 0. The van der Waals surface area contributed by atoms with Gasteiger partial charge in [-0.1, -0.05) is 18.2 Å². The van der Waals surface area contributed by atoms with Crippen molar-refractivity contribution in [2.45, 2.75) is 25.8 Å². The third-order valence-corrected chi connectivity index (χ3v) is 5.16. The molecule has 0 amide bonds. The number of anilines is 1. The first-order chi connectivity index (χ1) is 10.2. The van der Waals surface area contributed by atoms with Crippen LogP contribution in [0.5, 0.6) is 5.75 Å². The Morgan fingerprint density at radius 1 is 1.05 bits per heavy atom. The van der Waals surface area contributed by atoms with Gasteiger partial charge < -0.3 is 10.1 Å². The highest BCUT2D eigenvalue weighted by molar-refractivity contribution is 9.11. The summed E-state index contributed by atoms with van der Waals surface area (Å²) < 4.78 is 7.31. The predicted octanol–water partition coefficient (Wildman–Crippen LogP) is 5.32. The molecule has 21 heavy (non-hydrogen) atoms. The van der Waals surface area contributed by atoms with Crippen molar-refractivity contribution >= 4 is 37.5 Å². The third kappa shape index (κ3) is 3.27. The minimum absolute atomic E-state index is 0.816. The molecule has 0 heterocycles. The second-order valence-electron chi connectivity index (χ2n) is 5.28. The van der Waals surface area contributed by atoms with E-state index in [9.17, 15) is 0 Å². The van der Waals surface area contributed by atoms with Crippen molar-refractivity contribution in [3.05, 3.63) is 56.0 Å². The first-order valence-electron chi connectivity index (χ1n) is 7.05. The molecule has 110 valence electrons. The van der Waals surface area contributed by atoms with Crippen molar-refractivity contribution in [3.63, 3.8) is 0 Å². The van der Waals surface area contributed by atoms with Gasteiger partial charge >= 0.3 is 0 Å². The molecule has 3 rings (SSSR count). The normalized spacial score (nSPS) is 13.1. The fraction of sp³-hybridized carbons (Fsp3) is 0.294. The number of hydrogen-bond acceptors (Lipinski definition) is 2. The Balaban J connectivity index is 1.75. The molecular formula is C17H17Br2NO. The van der Waals surface area contributed by atoms with Crippen molar-refractivity contribution in [2.24, 2.45) is 0 Å². The first kappa shape index (κ1) is 14.9. The van der Waals surface area contributed by atoms with Crippen LogP contribution in [0.3, 0.4) is 0 Å². The molecule has 0 bridgehead atoms. The average Bonchev–Trinajstić information content (AvgIpc) is 2.94. The van der Waals surface area contributed by atoms with E-state index >= 15 is 0 Å². The zero-order chi connectivity index (χ0) is 14.8. The quantitative estimate of drug-likeness (QED) is 0.736. The van der Waals surface area contributed by atoms with E-state index in [1.54, 1.807) is 7.11 Å². The van der Waals surface area contributed by atoms with Gasteiger partial charge in [0.2, 0.25) is 0 Å². The molecule has 1 aliphatic carbocycles. The number of halogens is 2. The lowest BCUT2D eigenvalue weighted by atomic mass is 10.1. The summed E-state index contributed by atoms with van der Waals surface area (Å²) in [5.74, 6) is 0.828. The number of ether oxygens (including phenoxy) is 1. The number of benzene rings is 2. The molecule has 2 nitrogen and oxygen atoms in total. The Morgan fingerprint density at radius 3 is 2.67 bits per heavy atom. The number of fused-ring (bicyclic) bond motifs is 1. The Labute approximate surface area is 142 Å². The lowest BCUT2D eigenvalue weighted by Crippen LogP contribution is -2.01. The highest BCUT2D eigenvalue weighted by atomic mass is 79.9. The van der Waals surface area contributed by atoms with Crippen LogP contribution in [0.2, 0.25) is 0 Å². The largest absolute Gasteiger partial charge is 0.495 e. The zero-order valence-corrected chi connectivity index (χ0v) is 15.1. The Bertz CT molecular complexity index is 670. The Hall–Kier alpha value is -1.000. The molecule has 4 heteroatoms. The minimum atomic E-state index is 0.816. The van der Waals surface area contributed by atoms with Crippen molar-refractivity contribution < 1.29 is 4.74 Å². The van der Waals surface area contributed by atoms with Crippen LogP contribution in [0.15, 0.2) is 39.3 Å². The van der Waals surface area contributed by atoms with Gasteiger partial charge in [0.05, 0.1) is 17.3 Å². The van der Waals surface area contributed by atoms with Crippen LogP contribution >= 0.6 is 31.9 Å². The molecule has 1 aliphatic rings. The fourth-order valence-corrected chi connectivity index (χ4v) is 4.05. The molecule has 0 aromatic heterocycles. The van der Waals surface area contributed by atoms with E-state index in [-0.39, 0.29) is 0 Å². The number of hydrogen-bond donors (Lipinski definition) is 1. The van der Waals surface area contributed by atoms with Gasteiger partial charge in [-0.25, -0.2) is 0 Å². The van der Waals surface area contributed by atoms with Crippen LogP contribution in [0, 0.1) is 0 Å². The highest BCUT2D eigenvalue weighted by Crippen LogP contribution is 2.34. The number of aryl methyl sites for hydroxylation is 2. The zero-order valence-electron chi connectivity index (χ0n) is 11.9. The SMILES string of the molecule is COc1cc(NCc2ccc3c(c2)CCC3)c(Br)cc1Br. The topological polar surface area (TPSA) is 21.3 Å². The summed E-state index contributed by atoms with van der Waals surface area (Å²) in [6.07, 6.45) is 3.75. The predicted molar refractivity (Wildman–Crippen MR) is 94.2 cm³/mol. The third-order valence-electron chi connectivity index (χ3n) is 3.89. The average molecular weight is 411 g/mol. The van der Waals surface area contributed by atoms with E-state index < -0.39 is 0 Å². The standard InChI is InChI=1S/C17H17Br2NO/c1-21-17-9-16(14(18)8-15(17)19)20-10-11-5-6-12-3-2-4-13(12)7-11/h5-9,20H,2-4,10H2,1H3. The van der Waals surface area contributed by atoms with Crippen LogP contribution in [-0.2, 0) is 19.4 Å². The van der Waals surface area contributed by atoms with Gasteiger partial charge in [0.15, 0.2) is 0 Å². The molecular weight excluding hydrogens is 394 g/mol. The molecule has 0 atom stereocenters. The van der Waals surface area contributed by atoms with Crippen LogP contribution < -0.4 is 10.1 Å². The van der Waals surface area contributed by atoms with Crippen LogP contribution in [0.25, 0.3) is 0 Å². The second kappa shape index (κ2) is 6.41. The first-order valence-corrected chi connectivity index (χ1v) is 8.63. The van der Waals surface area contributed by atoms with E-state index in [0.29, 0.717) is 0 Å². The molecule has 0 spiro atoms. The van der Waals surface area contributed by atoms with E-state index in [1.807, 2.05) is 12.1 Å². The maximum atomic E-state index is 5.35. The van der Waals surface area contributed by atoms with Gasteiger partial charge in [-0.15, -0.1) is 0 Å². The highest BCUT2D eigenvalue weighted by Gasteiger charge is 2.11. The number of methoxy groups -OCH3 is 1. The smallest absolute Gasteiger partial charge is 0.135 e. The van der Waals surface area contributed by atoms with Gasteiger partial charge in [-0.3, -0.25) is 0 Å². The summed E-state index contributed by atoms with van der Waals surface area (Å²) in [7, 11) is 1.68. The lowest BCUT2D eigenvalue weighted by Gasteiger charge is -2.12. The maximum absolute atomic E-state index is 5.35. The van der Waals surface area contributed by atoms with Crippen LogP contribution in [-0.4, -0.2) is 7.11 Å². The van der Waals surface area contributed by atoms with E-state index in [4.69, 9.17) is 4.74 Å². The molecule has 0 saturated heterocycles. The van der Waals surface area contributed by atoms with Crippen LogP contribution in [0.4, 0.5) is 5.69 Å². The molecule has 1 N–H and O–H groups in total. The molecule has 2 aromatic rings. The summed E-state index contributed by atoms with van der Waals surface area (Å²) in [6, 6.07) is 10.8. The maximum Gasteiger partial charge on any atom is 0.135 e. The van der Waals surface area contributed by atoms with Gasteiger partial charge in [-0.05, 0) is 73.9 Å². The van der Waals surface area contributed by atoms with E-state index in [1.165, 1.54) is 36.0 Å². The van der Waals surface area contributed by atoms with Crippen LogP contribution in [0.1, 0.15) is 23.1 Å². The lowest BCUT2D eigenvalue weighted by molar-refractivity contribution is 0.412. The summed E-state index contributed by atoms with van der Waals surface area (Å²) >= 11 is 7.07. The number of nitrogens with one attached hydrogen (secondary N) is 1. The van der Waals surface area contributed by atoms with E-state index in [2.05, 4.69) is 55.4 Å². The monoisotopic (exact) mass is 409 g/mol. The fourth-order valence-electron chi connectivity index (χ4n) is 2.75. The van der Waals surface area contributed by atoms with Gasteiger partial charge in [0, 0.05) is 17.1 Å². The van der Waals surface area contributed by atoms with Gasteiger partial charge in [0.1, 0.15) is 5.75 Å². The molecule has 0 fully saturated rings. The van der Waals surface area contributed by atoms with Crippen molar-refractivity contribution in [1.82, 2.24) is 0 Å². The summed E-state index contributed by atoms with van der Waals surface area (Å²) in [6.45, 7) is 0.816. The molecule has 0 radical (unpaired) electrons. The Kier molecular flexibility index (Phi) is 4.55. The van der Waals surface area contributed by atoms with Crippen molar-refractivity contribution in [3.8, 4) is 5.75 Å². The second-order valence-corrected chi connectivity index (χ2v) is 6.99. The Morgan fingerprint density at radius 2 is 1.86 bits per heavy atom. The van der Waals surface area contributed by atoms with Gasteiger partial charge in [-0.2, -0.15) is 0 Å². The molecule has 0 saturated carbocycles. The molecule has 0 unspecified atom stereocenters. The molecule has 0 aliphatic heterocycles. The van der Waals surface area contributed by atoms with Gasteiger partial charge in [0.25, 0.3) is 0 Å². The molecule has 2 aromatic carbocycles. The van der Waals surface area contributed by atoms with E-state index in [0.717, 1.165) is 26.9 Å². The van der Waals surface area contributed by atoms with Crippen molar-refractivity contribution in [1.29, 1.82) is 0 Å².